The van der Waals surface area contributed by atoms with Gasteiger partial charge in [0.15, 0.2) is 0 Å². The van der Waals surface area contributed by atoms with Gasteiger partial charge in [-0.25, -0.2) is 8.78 Å². The van der Waals surface area contributed by atoms with E-state index in [2.05, 4.69) is 0 Å². The summed E-state index contributed by atoms with van der Waals surface area (Å²) in [5, 5.41) is 10.4. The lowest BCUT2D eigenvalue weighted by Crippen LogP contribution is -2.46. The van der Waals surface area contributed by atoms with Crippen molar-refractivity contribution in [1.82, 2.24) is 5.32 Å². The molecule has 1 atom stereocenters. The van der Waals surface area contributed by atoms with Gasteiger partial charge < -0.3 is 10.4 Å². The number of hydrogen-bond acceptors (Lipinski definition) is 2. The summed E-state index contributed by atoms with van der Waals surface area (Å²) in [6, 6.07) is 6.62. The van der Waals surface area contributed by atoms with Gasteiger partial charge in [0.2, 0.25) is 0 Å². The third kappa shape index (κ3) is 4.73. The number of benzene rings is 1. The van der Waals surface area contributed by atoms with Crippen LogP contribution in [-0.4, -0.2) is 29.3 Å². The van der Waals surface area contributed by atoms with Gasteiger partial charge in [-0.05, 0) is 12.0 Å². The monoisotopic (exact) mass is 307 g/mol. The number of aliphatic carboxylic acids is 1. The fourth-order valence-electron chi connectivity index (χ4n) is 1.63. The smallest absolute Gasteiger partial charge is 0.383 e. The third-order valence-corrected chi connectivity index (χ3v) is 2.73. The zero-order valence-corrected chi connectivity index (χ0v) is 10.7. The van der Waals surface area contributed by atoms with Crippen LogP contribution in [0.15, 0.2) is 30.3 Å². The number of rotatable bonds is 7. The van der Waals surface area contributed by atoms with E-state index in [1.165, 1.54) is 12.1 Å². The Morgan fingerprint density at radius 2 is 1.76 bits per heavy atom. The second kappa shape index (κ2) is 7.05. The van der Waals surface area contributed by atoms with Crippen LogP contribution in [0.1, 0.15) is 24.4 Å². The minimum Gasteiger partial charge on any atom is -0.481 e. The van der Waals surface area contributed by atoms with E-state index >= 15 is 0 Å². The van der Waals surface area contributed by atoms with Crippen molar-refractivity contribution >= 4 is 11.9 Å². The van der Waals surface area contributed by atoms with Crippen LogP contribution in [0.3, 0.4) is 0 Å². The fourth-order valence-corrected chi connectivity index (χ4v) is 1.63. The minimum atomic E-state index is -4.82. The molecule has 4 nitrogen and oxygen atoms in total. The molecule has 0 saturated heterocycles. The van der Waals surface area contributed by atoms with Crippen LogP contribution in [0.25, 0.3) is 0 Å². The molecule has 1 amide bonds. The molecule has 116 valence electrons. The number of carbonyl (C=O) groups is 2. The summed E-state index contributed by atoms with van der Waals surface area (Å²) in [6.07, 6.45) is -4.72. The second-order valence-electron chi connectivity index (χ2n) is 4.29. The van der Waals surface area contributed by atoms with Crippen molar-refractivity contribution in [3.8, 4) is 0 Å². The number of carboxylic acids is 1. The molecule has 0 heterocycles. The molecule has 1 aromatic carbocycles. The van der Waals surface area contributed by atoms with Gasteiger partial charge in [0.1, 0.15) is 0 Å². The molecule has 2 N–H and O–H groups in total. The van der Waals surface area contributed by atoms with Crippen LogP contribution < -0.4 is 5.32 Å². The summed E-state index contributed by atoms with van der Waals surface area (Å²) in [5.74, 6) is -8.14. The number of alkyl halides is 4. The molecule has 21 heavy (non-hydrogen) atoms. The van der Waals surface area contributed by atoms with Crippen LogP contribution in [-0.2, 0) is 9.59 Å². The number of carbonyl (C=O) groups excluding carboxylic acids is 1. The van der Waals surface area contributed by atoms with Gasteiger partial charge in [-0.3, -0.25) is 9.59 Å². The second-order valence-corrected chi connectivity index (χ2v) is 4.29. The van der Waals surface area contributed by atoms with Gasteiger partial charge in [-0.15, -0.1) is 0 Å². The average Bonchev–Trinajstić information content (AvgIpc) is 2.43. The van der Waals surface area contributed by atoms with Gasteiger partial charge in [-0.1, -0.05) is 30.3 Å². The Kier molecular flexibility index (Phi) is 5.69. The topological polar surface area (TPSA) is 66.4 Å². The Bertz CT molecular complexity index is 493. The van der Waals surface area contributed by atoms with Crippen LogP contribution in [0, 0.1) is 0 Å². The van der Waals surface area contributed by atoms with E-state index in [1.54, 1.807) is 23.5 Å². The summed E-state index contributed by atoms with van der Waals surface area (Å²) in [5.41, 5.74) is 0.358. The first-order valence-electron chi connectivity index (χ1n) is 5.98. The maximum atomic E-state index is 12.9. The van der Waals surface area contributed by atoms with Crippen molar-refractivity contribution < 1.29 is 32.3 Å². The first-order valence-corrected chi connectivity index (χ1v) is 5.98. The molecule has 0 spiro atoms. The van der Waals surface area contributed by atoms with Crippen LogP contribution >= 0.6 is 0 Å². The Morgan fingerprint density at radius 1 is 1.19 bits per heavy atom. The predicted molar refractivity (Wildman–Crippen MR) is 65.1 cm³/mol. The highest BCUT2D eigenvalue weighted by molar-refractivity contribution is 5.84. The first kappa shape index (κ1) is 16.9. The van der Waals surface area contributed by atoms with Crippen molar-refractivity contribution in [1.29, 1.82) is 0 Å². The average molecular weight is 307 g/mol. The van der Waals surface area contributed by atoms with Crippen molar-refractivity contribution in [2.24, 2.45) is 0 Å². The molecule has 8 heteroatoms. The maximum Gasteiger partial charge on any atom is 0.383 e. The van der Waals surface area contributed by atoms with Crippen LogP contribution in [0.4, 0.5) is 17.6 Å². The highest BCUT2D eigenvalue weighted by Gasteiger charge is 2.49. The molecule has 1 aromatic rings. The van der Waals surface area contributed by atoms with Crippen molar-refractivity contribution in [2.75, 3.05) is 0 Å². The van der Waals surface area contributed by atoms with Gasteiger partial charge in [0.25, 0.3) is 5.91 Å². The molecule has 0 saturated carbocycles. The zero-order valence-electron chi connectivity index (χ0n) is 10.7. The SMILES string of the molecule is O=C(O)CCC(NC(=O)C(F)(F)C(F)F)c1ccccc1. The highest BCUT2D eigenvalue weighted by atomic mass is 19.3. The number of hydrogen-bond donors (Lipinski definition) is 2. The van der Waals surface area contributed by atoms with E-state index in [9.17, 15) is 27.2 Å². The number of carboxylic acid groups (broad SMARTS) is 1. The van der Waals surface area contributed by atoms with Crippen LogP contribution in [0.2, 0.25) is 0 Å². The molecule has 0 fully saturated rings. The molecule has 0 aliphatic rings. The van der Waals surface area contributed by atoms with E-state index in [1.807, 2.05) is 0 Å². The van der Waals surface area contributed by atoms with E-state index in [0.29, 0.717) is 5.56 Å². The Balaban J connectivity index is 2.88. The molecule has 0 radical (unpaired) electrons. The summed E-state index contributed by atoms with van der Waals surface area (Å²) in [4.78, 5) is 21.8. The summed E-state index contributed by atoms with van der Waals surface area (Å²) in [7, 11) is 0. The van der Waals surface area contributed by atoms with Gasteiger partial charge in [-0.2, -0.15) is 8.78 Å². The summed E-state index contributed by atoms with van der Waals surface area (Å²) >= 11 is 0. The molecule has 0 aliphatic heterocycles. The van der Waals surface area contributed by atoms with Crippen molar-refractivity contribution in [3.05, 3.63) is 35.9 Å². The molecular formula is C13H13F4NO3. The molecule has 1 unspecified atom stereocenters. The molecular weight excluding hydrogens is 294 g/mol. The zero-order chi connectivity index (χ0) is 16.0. The van der Waals surface area contributed by atoms with Crippen molar-refractivity contribution in [3.63, 3.8) is 0 Å². The van der Waals surface area contributed by atoms with Gasteiger partial charge >= 0.3 is 18.3 Å². The number of nitrogens with one attached hydrogen (secondary N) is 1. The van der Waals surface area contributed by atoms with Crippen LogP contribution in [0.5, 0.6) is 0 Å². The predicted octanol–water partition coefficient (Wildman–Crippen LogP) is 2.61. The normalized spacial score (nSPS) is 13.0. The summed E-state index contributed by atoms with van der Waals surface area (Å²) in [6.45, 7) is 0. The largest absolute Gasteiger partial charge is 0.481 e. The van der Waals surface area contributed by atoms with E-state index in [4.69, 9.17) is 5.11 Å². The molecule has 0 aliphatic carbocycles. The van der Waals surface area contributed by atoms with E-state index in [0.717, 1.165) is 0 Å². The highest BCUT2D eigenvalue weighted by Crippen LogP contribution is 2.26. The van der Waals surface area contributed by atoms with Crippen molar-refractivity contribution in [2.45, 2.75) is 31.2 Å². The number of halogens is 4. The fraction of sp³-hybridized carbons (Fsp3) is 0.385. The Labute approximate surface area is 117 Å². The van der Waals surface area contributed by atoms with E-state index in [-0.39, 0.29) is 6.42 Å². The van der Waals surface area contributed by atoms with Gasteiger partial charge in [0.05, 0.1) is 6.04 Å². The number of amides is 1. The molecule has 1 rings (SSSR count). The lowest BCUT2D eigenvalue weighted by Gasteiger charge is -2.22. The quantitative estimate of drug-likeness (QED) is 0.761. The third-order valence-electron chi connectivity index (χ3n) is 2.73. The van der Waals surface area contributed by atoms with E-state index < -0.39 is 36.7 Å². The minimum absolute atomic E-state index is 0.190. The maximum absolute atomic E-state index is 12.9. The first-order chi connectivity index (χ1) is 9.75. The molecule has 0 aromatic heterocycles. The molecule has 0 bridgehead atoms. The lowest BCUT2D eigenvalue weighted by atomic mass is 10.0. The Morgan fingerprint density at radius 3 is 2.24 bits per heavy atom. The standard InChI is InChI=1S/C13H13F4NO3/c14-11(15)13(16,17)12(21)18-9(6-7-10(19)20)8-4-2-1-3-5-8/h1-5,9,11H,6-7H2,(H,18,21)(H,19,20). The van der Waals surface area contributed by atoms with Gasteiger partial charge in [0, 0.05) is 6.42 Å². The lowest BCUT2D eigenvalue weighted by molar-refractivity contribution is -0.170. The Hall–Kier alpha value is -2.12. The summed E-state index contributed by atoms with van der Waals surface area (Å²) < 4.78 is 50.1.